The Hall–Kier alpha value is -2.13. The van der Waals surface area contributed by atoms with E-state index in [-0.39, 0.29) is 9.13 Å². The van der Waals surface area contributed by atoms with Gasteiger partial charge in [-0.1, -0.05) is 45.6 Å². The third-order valence-corrected chi connectivity index (χ3v) is 44.9. The van der Waals surface area contributed by atoms with Gasteiger partial charge >= 0.3 is 128 Å². The van der Waals surface area contributed by atoms with Gasteiger partial charge in [-0.3, -0.25) is 0 Å². The molecule has 0 spiro atoms. The van der Waals surface area contributed by atoms with Gasteiger partial charge in [0.15, 0.2) is 0 Å². The Morgan fingerprint density at radius 3 is 1.43 bits per heavy atom. The molecule has 2 heterocycles. The first-order chi connectivity index (χ1) is 20.7. The second-order valence-corrected chi connectivity index (χ2v) is 36.9. The minimum atomic E-state index is -6.03. The Kier molecular flexibility index (Phi) is 10.5. The van der Waals surface area contributed by atoms with E-state index >= 15 is 0 Å². The molecule has 3 aromatic carbocycles. The zero-order valence-corrected chi connectivity index (χ0v) is 31.1. The summed E-state index contributed by atoms with van der Waals surface area (Å²) < 4.78 is 27.6. The van der Waals surface area contributed by atoms with E-state index in [0.717, 1.165) is 32.3 Å². The summed E-state index contributed by atoms with van der Waals surface area (Å²) in [7, 11) is 3.34. The molecule has 2 aliphatic heterocycles. The average Bonchev–Trinajstić information content (AvgIpc) is 3.18. The van der Waals surface area contributed by atoms with Crippen LogP contribution in [0.1, 0.15) is 31.1 Å². The van der Waals surface area contributed by atoms with Gasteiger partial charge in [0.05, 0.1) is 23.1 Å². The van der Waals surface area contributed by atoms with E-state index in [4.69, 9.17) is 45.4 Å². The molecule has 0 aromatic heterocycles. The molecule has 0 atom stereocenters. The van der Waals surface area contributed by atoms with E-state index in [9.17, 15) is 19.2 Å². The molecule has 0 aliphatic carbocycles. The van der Waals surface area contributed by atoms with Crippen LogP contribution in [0.25, 0.3) is 0 Å². The Balaban J connectivity index is 0.000000201. The van der Waals surface area contributed by atoms with Crippen LogP contribution in [0.5, 0.6) is 11.5 Å². The van der Waals surface area contributed by atoms with Gasteiger partial charge in [-0.15, -0.1) is 0 Å². The monoisotopic (exact) mass is 828 g/mol. The van der Waals surface area contributed by atoms with Crippen LogP contribution in [-0.4, -0.2) is 38.1 Å². The van der Waals surface area contributed by atoms with Crippen LogP contribution in [-0.2, 0) is 50.3 Å². The second-order valence-electron chi connectivity index (χ2n) is 8.79. The number of hydrogen-bond donors (Lipinski definition) is 0. The fourth-order valence-corrected chi connectivity index (χ4v) is 53.9. The maximum atomic E-state index is 12.1. The van der Waals surface area contributed by atoms with E-state index in [2.05, 4.69) is 24.3 Å². The second kappa shape index (κ2) is 13.3. The Labute approximate surface area is 275 Å². The Bertz CT molecular complexity index is 1600. The third-order valence-electron chi connectivity index (χ3n) is 5.56. The topological polar surface area (TPSA) is 124 Å². The number of carbonyl (C=O) groups excluding carboxylic acids is 4. The number of methoxy groups -OCH3 is 2. The Morgan fingerprint density at radius 1 is 0.682 bits per heavy atom. The van der Waals surface area contributed by atoms with E-state index in [0.29, 0.717) is 0 Å². The van der Waals surface area contributed by atoms with Crippen molar-refractivity contribution in [2.45, 2.75) is 20.8 Å². The smallest absolute Gasteiger partial charge is 0.118 e. The molecule has 0 bridgehead atoms. The number of benzene rings is 3. The molecular formula is C27H27IO10P2S4. The summed E-state index contributed by atoms with van der Waals surface area (Å²) in [5, 5.41) is 2.43. The standard InChI is InChI=1S/C14H14O2P2S4.C13H13IO8/c1-15-11-3-7-13(8-4-11)17(19)21-18(20,22-17)14-9-5-12(16-2)6-10-14;1-8(15)19-14(20-9(2)16,21-10(3)17)12-7-5-4-6-11(12)13(18)22-14/h3-10H,1-2H3;4-7H,1-3H3. The van der Waals surface area contributed by atoms with Gasteiger partial charge in [0, 0.05) is 10.6 Å². The first-order valence-electron chi connectivity index (χ1n) is 12.4. The van der Waals surface area contributed by atoms with Crippen molar-refractivity contribution in [3.05, 3.63) is 81.9 Å². The number of fused-ring (bicyclic) bond motifs is 1. The number of ether oxygens (including phenoxy) is 2. The van der Waals surface area contributed by atoms with Gasteiger partial charge in [0.25, 0.3) is 0 Å². The summed E-state index contributed by atoms with van der Waals surface area (Å²) in [5.41, 5.74) is 0.0142. The fourth-order valence-electron chi connectivity index (χ4n) is 3.89. The van der Waals surface area contributed by atoms with Crippen LogP contribution in [0.3, 0.4) is 0 Å². The maximum absolute atomic E-state index is 12.1. The van der Waals surface area contributed by atoms with Crippen LogP contribution >= 0.6 is 49.6 Å². The SMILES string of the molecule is CC(=O)OI1(OC(C)=O)(OC(C)=O)OC(=O)c2ccccc21.COc1ccc(P2(=S)SP(=S)(c3ccc(OC)cc3)S2)cc1. The summed E-state index contributed by atoms with van der Waals surface area (Å²) in [6, 6.07) is 22.0. The number of hydrogen-bond acceptors (Lipinski definition) is 14. The molecule has 0 radical (unpaired) electrons. The van der Waals surface area contributed by atoms with Gasteiger partial charge in [0.2, 0.25) is 0 Å². The molecule has 5 rings (SSSR count). The van der Waals surface area contributed by atoms with Crippen molar-refractivity contribution in [1.82, 2.24) is 0 Å². The van der Waals surface area contributed by atoms with E-state index in [1.54, 1.807) is 20.3 Å². The quantitative estimate of drug-likeness (QED) is 0.185. The maximum Gasteiger partial charge on any atom is 0.118 e. The van der Waals surface area contributed by atoms with E-state index < -0.39 is 51.5 Å². The average molecular weight is 829 g/mol. The summed E-state index contributed by atoms with van der Waals surface area (Å²) in [6.07, 6.45) is 0. The first-order valence-corrected chi connectivity index (χ1v) is 26.7. The van der Waals surface area contributed by atoms with Crippen molar-refractivity contribution < 1.29 is 40.9 Å². The van der Waals surface area contributed by atoms with Gasteiger partial charge in [-0.2, -0.15) is 0 Å². The zero-order chi connectivity index (χ0) is 32.4. The predicted molar refractivity (Wildman–Crippen MR) is 189 cm³/mol. The molecule has 17 heteroatoms. The van der Waals surface area contributed by atoms with Gasteiger partial charge in [0.1, 0.15) is 11.5 Å². The molecule has 0 N–H and O–H groups in total. The van der Waals surface area contributed by atoms with Crippen LogP contribution in [0.4, 0.5) is 0 Å². The minimum absolute atomic E-state index is 0.0142. The molecule has 0 amide bonds. The molecule has 10 nitrogen and oxygen atoms in total. The van der Waals surface area contributed by atoms with Crippen molar-refractivity contribution in [3.8, 4) is 11.5 Å². The van der Waals surface area contributed by atoms with Crippen molar-refractivity contribution >= 4 is 108 Å². The van der Waals surface area contributed by atoms with Crippen molar-refractivity contribution in [1.29, 1.82) is 0 Å². The Morgan fingerprint density at radius 2 is 1.07 bits per heavy atom. The molecule has 1 saturated heterocycles. The molecular weight excluding hydrogens is 801 g/mol. The van der Waals surface area contributed by atoms with Gasteiger partial charge in [-0.05, 0) is 48.5 Å². The largest absolute Gasteiger partial charge is 0.497 e. The number of rotatable bonds is 7. The third kappa shape index (κ3) is 6.98. The molecule has 3 aromatic rings. The zero-order valence-electron chi connectivity index (χ0n) is 23.9. The molecule has 0 saturated carbocycles. The van der Waals surface area contributed by atoms with Crippen LogP contribution < -0.4 is 20.1 Å². The van der Waals surface area contributed by atoms with Crippen LogP contribution in [0.2, 0.25) is 0 Å². The number of halogens is 1. The van der Waals surface area contributed by atoms with E-state index in [1.807, 2.05) is 46.3 Å². The van der Waals surface area contributed by atoms with Gasteiger partial charge in [-0.25, -0.2) is 0 Å². The van der Waals surface area contributed by atoms with Crippen LogP contribution in [0, 0.1) is 3.57 Å². The van der Waals surface area contributed by atoms with Crippen molar-refractivity contribution in [2.24, 2.45) is 0 Å². The molecule has 1 fully saturated rings. The molecule has 2 aliphatic rings. The molecule has 0 unspecified atom stereocenters. The fraction of sp³-hybridized carbons (Fsp3) is 0.185. The summed E-state index contributed by atoms with van der Waals surface area (Å²) in [5.74, 6) is -1.93. The van der Waals surface area contributed by atoms with Crippen LogP contribution in [0.15, 0.2) is 72.8 Å². The summed E-state index contributed by atoms with van der Waals surface area (Å²) in [4.78, 5) is 46.7. The van der Waals surface area contributed by atoms with E-state index in [1.165, 1.54) is 28.8 Å². The molecule has 44 heavy (non-hydrogen) atoms. The van der Waals surface area contributed by atoms with Crippen molar-refractivity contribution in [2.75, 3.05) is 14.2 Å². The first kappa shape index (κ1) is 34.7. The predicted octanol–water partition coefficient (Wildman–Crippen LogP) is 6.71. The minimum Gasteiger partial charge on any atom is -0.497 e. The van der Waals surface area contributed by atoms with Gasteiger partial charge < -0.3 is 9.47 Å². The molecule has 236 valence electrons. The number of carbonyl (C=O) groups is 4. The van der Waals surface area contributed by atoms with Crippen molar-refractivity contribution in [3.63, 3.8) is 0 Å². The normalized spacial score (nSPS) is 22.9. The summed E-state index contributed by atoms with van der Waals surface area (Å²) >= 11 is 9.48. The summed E-state index contributed by atoms with van der Waals surface area (Å²) in [6.45, 7) is 3.07.